The molecule has 0 heterocycles. The van der Waals surface area contributed by atoms with Gasteiger partial charge in [0.1, 0.15) is 0 Å². The van der Waals surface area contributed by atoms with Crippen LogP contribution in [0.5, 0.6) is 0 Å². The van der Waals surface area contributed by atoms with Crippen LogP contribution in [0.15, 0.2) is 30.3 Å². The van der Waals surface area contributed by atoms with Crippen LogP contribution in [0, 0.1) is 5.41 Å². The Morgan fingerprint density at radius 1 is 1.33 bits per heavy atom. The van der Waals surface area contributed by atoms with Gasteiger partial charge in [0.05, 0.1) is 5.41 Å². The quantitative estimate of drug-likeness (QED) is 0.832. The van der Waals surface area contributed by atoms with E-state index in [0.29, 0.717) is 13.1 Å². The number of carbonyl (C=O) groups is 1. The van der Waals surface area contributed by atoms with Gasteiger partial charge in [0, 0.05) is 6.54 Å². The molecule has 3 heteroatoms. The summed E-state index contributed by atoms with van der Waals surface area (Å²) in [5.74, 6) is 0.0772. The summed E-state index contributed by atoms with van der Waals surface area (Å²) in [6.07, 6.45) is 2.27. The van der Waals surface area contributed by atoms with Gasteiger partial charge < -0.3 is 11.1 Å². The number of nitrogens with one attached hydrogen (secondary N) is 1. The molecule has 18 heavy (non-hydrogen) atoms. The van der Waals surface area contributed by atoms with Gasteiger partial charge in [-0.05, 0) is 44.2 Å². The summed E-state index contributed by atoms with van der Waals surface area (Å²) in [5.41, 5.74) is 6.45. The standard InChI is InChI=1S/C15H22N2O/c1-14(2,12-6-4-3-5-7-12)13(18)17-11-15(10-16)8-9-15/h3-7H,8-11,16H2,1-2H3,(H,17,18). The van der Waals surface area contributed by atoms with E-state index < -0.39 is 5.41 Å². The van der Waals surface area contributed by atoms with Crippen molar-refractivity contribution in [3.8, 4) is 0 Å². The fourth-order valence-electron chi connectivity index (χ4n) is 2.10. The second-order valence-corrected chi connectivity index (χ2v) is 5.88. The number of carbonyl (C=O) groups excluding carboxylic acids is 1. The molecule has 0 unspecified atom stereocenters. The molecule has 0 aromatic heterocycles. The van der Waals surface area contributed by atoms with Crippen LogP contribution in [0.2, 0.25) is 0 Å². The second kappa shape index (κ2) is 4.73. The van der Waals surface area contributed by atoms with Crippen LogP contribution in [-0.4, -0.2) is 19.0 Å². The fourth-order valence-corrected chi connectivity index (χ4v) is 2.10. The summed E-state index contributed by atoms with van der Waals surface area (Å²) in [7, 11) is 0. The Labute approximate surface area is 109 Å². The van der Waals surface area contributed by atoms with Gasteiger partial charge >= 0.3 is 0 Å². The molecule has 0 spiro atoms. The third-order valence-corrected chi connectivity index (χ3v) is 4.08. The number of benzene rings is 1. The van der Waals surface area contributed by atoms with E-state index in [1.54, 1.807) is 0 Å². The Morgan fingerprint density at radius 3 is 2.44 bits per heavy atom. The van der Waals surface area contributed by atoms with Gasteiger partial charge in [-0.1, -0.05) is 30.3 Å². The zero-order chi connectivity index (χ0) is 13.2. The molecule has 0 radical (unpaired) electrons. The molecule has 1 fully saturated rings. The topological polar surface area (TPSA) is 55.1 Å². The molecule has 3 nitrogen and oxygen atoms in total. The van der Waals surface area contributed by atoms with Gasteiger partial charge in [-0.3, -0.25) is 4.79 Å². The number of nitrogens with two attached hydrogens (primary N) is 1. The van der Waals surface area contributed by atoms with Gasteiger partial charge in [0.25, 0.3) is 0 Å². The molecule has 1 aliphatic rings. The zero-order valence-corrected chi connectivity index (χ0v) is 11.2. The van der Waals surface area contributed by atoms with Crippen LogP contribution in [0.1, 0.15) is 32.3 Å². The molecule has 3 N–H and O–H groups in total. The van der Waals surface area contributed by atoms with E-state index in [1.807, 2.05) is 44.2 Å². The molecule has 1 saturated carbocycles. The summed E-state index contributed by atoms with van der Waals surface area (Å²) in [6.45, 7) is 5.29. The number of amides is 1. The van der Waals surface area contributed by atoms with Gasteiger partial charge in [-0.15, -0.1) is 0 Å². The lowest BCUT2D eigenvalue weighted by Crippen LogP contribution is -2.43. The zero-order valence-electron chi connectivity index (χ0n) is 11.2. The maximum atomic E-state index is 12.3. The third-order valence-electron chi connectivity index (χ3n) is 4.08. The molecule has 1 aliphatic carbocycles. The normalized spacial score (nSPS) is 17.3. The molecular weight excluding hydrogens is 224 g/mol. The van der Waals surface area contributed by atoms with Crippen molar-refractivity contribution in [3.63, 3.8) is 0 Å². The molecule has 1 aromatic rings. The van der Waals surface area contributed by atoms with Crippen molar-refractivity contribution in [1.29, 1.82) is 0 Å². The Morgan fingerprint density at radius 2 is 1.94 bits per heavy atom. The summed E-state index contributed by atoms with van der Waals surface area (Å²) in [4.78, 5) is 12.3. The summed E-state index contributed by atoms with van der Waals surface area (Å²) in [6, 6.07) is 9.88. The van der Waals surface area contributed by atoms with E-state index in [4.69, 9.17) is 5.73 Å². The highest BCUT2D eigenvalue weighted by atomic mass is 16.2. The Hall–Kier alpha value is -1.35. The molecule has 98 valence electrons. The molecule has 0 atom stereocenters. The molecule has 1 aromatic carbocycles. The van der Waals surface area contributed by atoms with E-state index >= 15 is 0 Å². The predicted molar refractivity (Wildman–Crippen MR) is 73.2 cm³/mol. The van der Waals surface area contributed by atoms with Crippen LogP contribution in [-0.2, 0) is 10.2 Å². The number of rotatable bonds is 5. The van der Waals surface area contributed by atoms with Crippen LogP contribution in [0.4, 0.5) is 0 Å². The SMILES string of the molecule is CC(C)(C(=O)NCC1(CN)CC1)c1ccccc1. The minimum absolute atomic E-state index is 0.0772. The van der Waals surface area contributed by atoms with Crippen molar-refractivity contribution < 1.29 is 4.79 Å². The van der Waals surface area contributed by atoms with Crippen molar-refractivity contribution in [2.75, 3.05) is 13.1 Å². The number of hydrogen-bond acceptors (Lipinski definition) is 2. The number of hydrogen-bond donors (Lipinski definition) is 2. The fraction of sp³-hybridized carbons (Fsp3) is 0.533. The smallest absolute Gasteiger partial charge is 0.230 e. The summed E-state index contributed by atoms with van der Waals surface area (Å²) < 4.78 is 0. The minimum Gasteiger partial charge on any atom is -0.355 e. The summed E-state index contributed by atoms with van der Waals surface area (Å²) in [5, 5.41) is 3.06. The first-order chi connectivity index (χ1) is 8.50. The lowest BCUT2D eigenvalue weighted by Gasteiger charge is -2.25. The minimum atomic E-state index is -0.494. The average Bonchev–Trinajstić information content (AvgIpc) is 3.17. The second-order valence-electron chi connectivity index (χ2n) is 5.88. The van der Waals surface area contributed by atoms with E-state index in [2.05, 4.69) is 5.32 Å². The molecule has 1 amide bonds. The van der Waals surface area contributed by atoms with E-state index in [1.165, 1.54) is 0 Å². The van der Waals surface area contributed by atoms with Crippen molar-refractivity contribution in [2.45, 2.75) is 32.1 Å². The first kappa shape index (κ1) is 13.1. The Kier molecular flexibility index (Phi) is 3.44. The maximum Gasteiger partial charge on any atom is 0.230 e. The van der Waals surface area contributed by atoms with Crippen molar-refractivity contribution in [2.24, 2.45) is 11.1 Å². The average molecular weight is 246 g/mol. The largest absolute Gasteiger partial charge is 0.355 e. The Bertz CT molecular complexity index is 421. The monoisotopic (exact) mass is 246 g/mol. The molecule has 0 saturated heterocycles. The highest BCUT2D eigenvalue weighted by molar-refractivity contribution is 5.87. The van der Waals surface area contributed by atoms with Gasteiger partial charge in [0.2, 0.25) is 5.91 Å². The lowest BCUT2D eigenvalue weighted by atomic mass is 9.83. The highest BCUT2D eigenvalue weighted by Crippen LogP contribution is 2.43. The van der Waals surface area contributed by atoms with E-state index in [-0.39, 0.29) is 11.3 Å². The highest BCUT2D eigenvalue weighted by Gasteiger charge is 2.42. The van der Waals surface area contributed by atoms with Crippen molar-refractivity contribution >= 4 is 5.91 Å². The maximum absolute atomic E-state index is 12.3. The van der Waals surface area contributed by atoms with Crippen LogP contribution in [0.25, 0.3) is 0 Å². The molecular formula is C15H22N2O. The first-order valence-corrected chi connectivity index (χ1v) is 6.54. The van der Waals surface area contributed by atoms with E-state index in [9.17, 15) is 4.79 Å². The Balaban J connectivity index is 1.99. The van der Waals surface area contributed by atoms with Crippen LogP contribution >= 0.6 is 0 Å². The van der Waals surface area contributed by atoms with Crippen molar-refractivity contribution in [3.05, 3.63) is 35.9 Å². The molecule has 0 aliphatic heterocycles. The first-order valence-electron chi connectivity index (χ1n) is 6.54. The van der Waals surface area contributed by atoms with Gasteiger partial charge in [0.15, 0.2) is 0 Å². The van der Waals surface area contributed by atoms with Crippen LogP contribution < -0.4 is 11.1 Å². The lowest BCUT2D eigenvalue weighted by molar-refractivity contribution is -0.125. The third kappa shape index (κ3) is 2.56. The molecule has 0 bridgehead atoms. The van der Waals surface area contributed by atoms with Gasteiger partial charge in [-0.2, -0.15) is 0 Å². The van der Waals surface area contributed by atoms with E-state index in [0.717, 1.165) is 18.4 Å². The molecule has 2 rings (SSSR count). The predicted octanol–water partition coefficient (Wildman–Crippen LogP) is 1.82. The van der Waals surface area contributed by atoms with Crippen LogP contribution in [0.3, 0.4) is 0 Å². The summed E-state index contributed by atoms with van der Waals surface area (Å²) >= 11 is 0. The van der Waals surface area contributed by atoms with Crippen molar-refractivity contribution in [1.82, 2.24) is 5.32 Å². The van der Waals surface area contributed by atoms with Gasteiger partial charge in [-0.25, -0.2) is 0 Å².